The Morgan fingerprint density at radius 1 is 0.903 bits per heavy atom. The lowest BCUT2D eigenvalue weighted by Crippen LogP contribution is -2.47. The first-order chi connectivity index (χ1) is 15.0. The Balaban J connectivity index is 1.92. The molecule has 6 heteroatoms. The number of nitrogens with one attached hydrogen (secondary N) is 1. The molecule has 0 saturated heterocycles. The topological polar surface area (TPSA) is 35.6 Å². The molecule has 1 aliphatic rings. The van der Waals surface area contributed by atoms with Crippen molar-refractivity contribution in [2.24, 2.45) is 0 Å². The molecule has 0 spiro atoms. The van der Waals surface area contributed by atoms with Crippen molar-refractivity contribution in [3.63, 3.8) is 0 Å². The third-order valence-electron chi connectivity index (χ3n) is 5.35. The fraction of sp³-hybridized carbons (Fsp3) is 0.120. The Morgan fingerprint density at radius 3 is 2.10 bits per heavy atom. The normalized spacial score (nSPS) is 16.5. The van der Waals surface area contributed by atoms with Gasteiger partial charge in [-0.15, -0.1) is 0 Å². The molecule has 3 aromatic carbocycles. The highest BCUT2D eigenvalue weighted by molar-refractivity contribution is 7.80. The second kappa shape index (κ2) is 8.92. The zero-order valence-electron chi connectivity index (χ0n) is 17.2. The lowest BCUT2D eigenvalue weighted by molar-refractivity contribution is -0.113. The summed E-state index contributed by atoms with van der Waals surface area (Å²) >= 11 is 11.9. The Kier molecular flexibility index (Phi) is 6.07. The number of likely N-dealkylation sites (N-methyl/N-ethyl adjacent to an activating group) is 1. The molecular formula is C25H22ClN3OS. The van der Waals surface area contributed by atoms with Gasteiger partial charge < -0.3 is 15.1 Å². The number of nitrogens with zero attached hydrogens (tertiary/aromatic N) is 2. The van der Waals surface area contributed by atoms with Crippen molar-refractivity contribution in [3.05, 3.63) is 107 Å². The van der Waals surface area contributed by atoms with E-state index in [9.17, 15) is 4.79 Å². The molecule has 1 amide bonds. The van der Waals surface area contributed by atoms with Gasteiger partial charge in [0.25, 0.3) is 5.91 Å². The van der Waals surface area contributed by atoms with E-state index in [0.29, 0.717) is 15.7 Å². The lowest BCUT2D eigenvalue weighted by atomic mass is 9.90. The van der Waals surface area contributed by atoms with Gasteiger partial charge in [0.05, 0.1) is 17.3 Å². The second-order valence-corrected chi connectivity index (χ2v) is 8.16. The van der Waals surface area contributed by atoms with Crippen LogP contribution >= 0.6 is 23.8 Å². The van der Waals surface area contributed by atoms with Gasteiger partial charge in [0.15, 0.2) is 5.11 Å². The highest BCUT2D eigenvalue weighted by Gasteiger charge is 2.38. The van der Waals surface area contributed by atoms with E-state index in [4.69, 9.17) is 23.8 Å². The zero-order valence-corrected chi connectivity index (χ0v) is 18.8. The third kappa shape index (κ3) is 4.20. The number of para-hydroxylation sites is 1. The largest absolute Gasteiger partial charge is 0.340 e. The van der Waals surface area contributed by atoms with Crippen LogP contribution in [0.3, 0.4) is 0 Å². The van der Waals surface area contributed by atoms with Crippen LogP contribution in [0, 0.1) is 0 Å². The van der Waals surface area contributed by atoms with Crippen molar-refractivity contribution >= 4 is 46.2 Å². The van der Waals surface area contributed by atoms with Gasteiger partial charge in [-0.1, -0.05) is 72.3 Å². The number of halogens is 1. The molecule has 0 aromatic heterocycles. The van der Waals surface area contributed by atoms with Gasteiger partial charge in [-0.3, -0.25) is 4.79 Å². The van der Waals surface area contributed by atoms with E-state index in [1.54, 1.807) is 0 Å². The summed E-state index contributed by atoms with van der Waals surface area (Å²) in [5, 5.41) is 4.34. The van der Waals surface area contributed by atoms with E-state index in [2.05, 4.69) is 5.32 Å². The number of amides is 1. The summed E-state index contributed by atoms with van der Waals surface area (Å²) in [6.45, 7) is 0. The van der Waals surface area contributed by atoms with Gasteiger partial charge >= 0.3 is 0 Å². The molecule has 0 aliphatic carbocycles. The fourth-order valence-corrected chi connectivity index (χ4v) is 4.20. The van der Waals surface area contributed by atoms with Crippen molar-refractivity contribution in [1.82, 2.24) is 9.80 Å². The third-order valence-corrected chi connectivity index (χ3v) is 6.16. The number of benzene rings is 3. The Bertz CT molecular complexity index is 1130. The number of anilines is 1. The van der Waals surface area contributed by atoms with Gasteiger partial charge in [0.2, 0.25) is 0 Å². The van der Waals surface area contributed by atoms with Crippen LogP contribution in [0.4, 0.5) is 5.69 Å². The average molecular weight is 448 g/mol. The molecule has 0 saturated carbocycles. The van der Waals surface area contributed by atoms with Crippen LogP contribution in [-0.2, 0) is 4.79 Å². The van der Waals surface area contributed by atoms with Crippen molar-refractivity contribution in [1.29, 1.82) is 0 Å². The number of carbonyl (C=O) groups excluding carboxylic acids is 1. The van der Waals surface area contributed by atoms with E-state index in [1.807, 2.05) is 109 Å². The molecule has 0 radical (unpaired) electrons. The monoisotopic (exact) mass is 447 g/mol. The highest BCUT2D eigenvalue weighted by atomic mass is 35.5. The van der Waals surface area contributed by atoms with Crippen molar-refractivity contribution in [2.75, 3.05) is 19.4 Å². The highest BCUT2D eigenvalue weighted by Crippen LogP contribution is 2.40. The van der Waals surface area contributed by atoms with Crippen LogP contribution in [0.1, 0.15) is 17.2 Å². The molecule has 3 aromatic rings. The molecule has 1 aliphatic heterocycles. The molecule has 156 valence electrons. The maximum Gasteiger partial charge on any atom is 0.256 e. The maximum absolute atomic E-state index is 13.7. The van der Waals surface area contributed by atoms with E-state index in [0.717, 1.165) is 22.5 Å². The number of hydrogen-bond acceptors (Lipinski definition) is 2. The molecule has 31 heavy (non-hydrogen) atoms. The van der Waals surface area contributed by atoms with Gasteiger partial charge in [-0.2, -0.15) is 0 Å². The quantitative estimate of drug-likeness (QED) is 0.528. The molecule has 0 bridgehead atoms. The zero-order chi connectivity index (χ0) is 22.0. The van der Waals surface area contributed by atoms with Gasteiger partial charge in [0.1, 0.15) is 0 Å². The summed E-state index contributed by atoms with van der Waals surface area (Å²) in [4.78, 5) is 17.6. The van der Waals surface area contributed by atoms with Crippen molar-refractivity contribution in [3.8, 4) is 0 Å². The van der Waals surface area contributed by atoms with E-state index in [1.165, 1.54) is 0 Å². The summed E-state index contributed by atoms with van der Waals surface area (Å²) < 4.78 is 0. The molecule has 0 fully saturated rings. The lowest BCUT2D eigenvalue weighted by Gasteiger charge is -2.43. The molecule has 1 N–H and O–H groups in total. The van der Waals surface area contributed by atoms with E-state index < -0.39 is 0 Å². The van der Waals surface area contributed by atoms with Crippen LogP contribution in [-0.4, -0.2) is 34.9 Å². The van der Waals surface area contributed by atoms with Crippen molar-refractivity contribution in [2.45, 2.75) is 6.04 Å². The maximum atomic E-state index is 13.7. The summed E-state index contributed by atoms with van der Waals surface area (Å²) in [7, 11) is 3.81. The average Bonchev–Trinajstić information content (AvgIpc) is 2.79. The van der Waals surface area contributed by atoms with Crippen LogP contribution in [0.5, 0.6) is 0 Å². The van der Waals surface area contributed by atoms with Gasteiger partial charge in [0, 0.05) is 24.8 Å². The second-order valence-electron chi connectivity index (χ2n) is 7.36. The molecule has 4 rings (SSSR count). The number of rotatable bonds is 4. The van der Waals surface area contributed by atoms with E-state index >= 15 is 0 Å². The standard InChI is InChI=1S/C25H22ClN3OS/c1-28-22(17-9-5-3-6-10-17)21(24(30)27-20-11-7-4-8-12-20)23(29(2)25(28)31)18-13-15-19(26)16-14-18/h3-16,23H,1-2H3,(H,27,30)/t23-/m1/s1. The SMILES string of the molecule is CN1C(=S)N(C)[C@H](c2ccc(Cl)cc2)C(C(=O)Nc2ccccc2)=C1c1ccccc1. The first kappa shape index (κ1) is 21.1. The molecular weight excluding hydrogens is 426 g/mol. The minimum atomic E-state index is -0.361. The number of carbonyl (C=O) groups is 1. The Morgan fingerprint density at radius 2 is 1.48 bits per heavy atom. The molecule has 4 nitrogen and oxygen atoms in total. The van der Waals surface area contributed by atoms with Crippen LogP contribution in [0.15, 0.2) is 90.5 Å². The summed E-state index contributed by atoms with van der Waals surface area (Å²) in [5.74, 6) is -0.175. The number of thiocarbonyl (C=S) groups is 1. The van der Waals surface area contributed by atoms with Gasteiger partial charge in [-0.25, -0.2) is 0 Å². The predicted molar refractivity (Wildman–Crippen MR) is 131 cm³/mol. The minimum absolute atomic E-state index is 0.175. The molecule has 1 heterocycles. The fourth-order valence-electron chi connectivity index (χ4n) is 3.88. The van der Waals surface area contributed by atoms with Gasteiger partial charge in [-0.05, 0) is 47.6 Å². The Labute approximate surface area is 192 Å². The number of hydrogen-bond donors (Lipinski definition) is 1. The van der Waals surface area contributed by atoms with Crippen LogP contribution < -0.4 is 5.32 Å². The van der Waals surface area contributed by atoms with Crippen molar-refractivity contribution < 1.29 is 4.79 Å². The summed E-state index contributed by atoms with van der Waals surface area (Å²) in [5.41, 5.74) is 4.01. The van der Waals surface area contributed by atoms with E-state index in [-0.39, 0.29) is 11.9 Å². The first-order valence-electron chi connectivity index (χ1n) is 9.89. The molecule has 1 atom stereocenters. The summed E-state index contributed by atoms with van der Waals surface area (Å²) in [6, 6.07) is 26.5. The first-order valence-corrected chi connectivity index (χ1v) is 10.7. The van der Waals surface area contributed by atoms with Crippen LogP contribution in [0.25, 0.3) is 5.70 Å². The molecule has 0 unspecified atom stereocenters. The summed E-state index contributed by atoms with van der Waals surface area (Å²) in [6.07, 6.45) is 0. The minimum Gasteiger partial charge on any atom is -0.340 e. The smallest absolute Gasteiger partial charge is 0.256 e. The Hall–Kier alpha value is -3.15. The predicted octanol–water partition coefficient (Wildman–Crippen LogP) is 5.59. The van der Waals surface area contributed by atoms with Crippen LogP contribution in [0.2, 0.25) is 5.02 Å².